The summed E-state index contributed by atoms with van der Waals surface area (Å²) in [4.78, 5) is 6.82. The molecule has 3 aliphatic rings. The number of likely N-dealkylation sites (tertiary alicyclic amines) is 1. The minimum absolute atomic E-state index is 0.0945. The Bertz CT molecular complexity index is 972. The molecule has 148 valence electrons. The van der Waals surface area contributed by atoms with E-state index in [1.54, 1.807) is 6.20 Å². The minimum atomic E-state index is 0.0945. The molecule has 1 N–H and O–H groups in total. The molecule has 2 saturated heterocycles. The molecule has 6 rings (SSSR count). The molecule has 1 aliphatic carbocycles. The van der Waals surface area contributed by atoms with E-state index in [-0.39, 0.29) is 6.10 Å². The van der Waals surface area contributed by atoms with Crippen molar-refractivity contribution in [2.45, 2.75) is 18.6 Å². The van der Waals surface area contributed by atoms with Gasteiger partial charge in [0.2, 0.25) is 0 Å². The molecule has 1 aromatic heterocycles. The van der Waals surface area contributed by atoms with Crippen LogP contribution in [0.3, 0.4) is 0 Å². The Hall–Kier alpha value is -2.63. The number of hydrogen-bond acceptors (Lipinski definition) is 4. The lowest BCUT2D eigenvalue weighted by Crippen LogP contribution is -2.40. The Morgan fingerprint density at radius 1 is 0.966 bits per heavy atom. The zero-order chi connectivity index (χ0) is 19.2. The largest absolute Gasteiger partial charge is 0.484 e. The molecule has 0 saturated carbocycles. The second-order valence-corrected chi connectivity index (χ2v) is 8.60. The van der Waals surface area contributed by atoms with Gasteiger partial charge in [0, 0.05) is 31.2 Å². The number of rotatable bonds is 4. The van der Waals surface area contributed by atoms with Crippen molar-refractivity contribution in [3.05, 3.63) is 78.4 Å². The van der Waals surface area contributed by atoms with E-state index in [9.17, 15) is 0 Å². The minimum Gasteiger partial charge on any atom is -0.484 e. The number of nitrogens with zero attached hydrogens (tertiary/aromatic N) is 3. The summed E-state index contributed by atoms with van der Waals surface area (Å²) in [7, 11) is 0. The predicted octanol–water partition coefficient (Wildman–Crippen LogP) is 3.07. The van der Waals surface area contributed by atoms with Gasteiger partial charge < -0.3 is 14.6 Å². The molecule has 2 aliphatic heterocycles. The first-order chi connectivity index (χ1) is 14.3. The quantitative estimate of drug-likeness (QED) is 0.748. The van der Waals surface area contributed by atoms with E-state index >= 15 is 0 Å². The molecule has 3 aromatic rings. The standard InChI is InChI=1S/C24H26N4O/c1-2-4-22-17(3-1)11-23(28-14-18-12-26-13-19(18)15-28)24(22)29-21-7-5-20(6-8-21)27-10-9-25-16-27/h1-10,16,18-19,23-24,26H,11-15H2. The summed E-state index contributed by atoms with van der Waals surface area (Å²) in [6.07, 6.45) is 6.75. The van der Waals surface area contributed by atoms with Crippen molar-refractivity contribution in [3.63, 3.8) is 0 Å². The lowest BCUT2D eigenvalue weighted by Gasteiger charge is -2.31. The van der Waals surface area contributed by atoms with Gasteiger partial charge in [-0.1, -0.05) is 24.3 Å². The third-order valence-electron chi connectivity index (χ3n) is 6.93. The monoisotopic (exact) mass is 386 g/mol. The van der Waals surface area contributed by atoms with Gasteiger partial charge >= 0.3 is 0 Å². The fourth-order valence-corrected chi connectivity index (χ4v) is 5.42. The van der Waals surface area contributed by atoms with Crippen molar-refractivity contribution >= 4 is 0 Å². The SMILES string of the molecule is c1ccc2c(c1)CC(N1CC3CNCC3C1)C2Oc1ccc(-n2ccnc2)cc1. The first-order valence-corrected chi connectivity index (χ1v) is 10.6. The molecule has 5 nitrogen and oxygen atoms in total. The lowest BCUT2D eigenvalue weighted by molar-refractivity contribution is 0.0890. The van der Waals surface area contributed by atoms with E-state index in [1.165, 1.54) is 37.3 Å². The van der Waals surface area contributed by atoms with Gasteiger partial charge in [0.25, 0.3) is 0 Å². The summed E-state index contributed by atoms with van der Waals surface area (Å²) >= 11 is 0. The van der Waals surface area contributed by atoms with Crippen LogP contribution in [0.4, 0.5) is 0 Å². The first-order valence-electron chi connectivity index (χ1n) is 10.6. The molecule has 0 spiro atoms. The van der Waals surface area contributed by atoms with Crippen LogP contribution < -0.4 is 10.1 Å². The molecule has 4 atom stereocenters. The number of aromatic nitrogens is 2. The fourth-order valence-electron chi connectivity index (χ4n) is 5.42. The molecular weight excluding hydrogens is 360 g/mol. The highest BCUT2D eigenvalue weighted by molar-refractivity contribution is 5.40. The van der Waals surface area contributed by atoms with Gasteiger partial charge in [0.05, 0.1) is 12.4 Å². The molecule has 5 heteroatoms. The Morgan fingerprint density at radius 2 is 1.76 bits per heavy atom. The van der Waals surface area contributed by atoms with Crippen molar-refractivity contribution < 1.29 is 4.74 Å². The van der Waals surface area contributed by atoms with Crippen LogP contribution >= 0.6 is 0 Å². The van der Waals surface area contributed by atoms with Crippen LogP contribution in [0.1, 0.15) is 17.2 Å². The molecule has 0 bridgehead atoms. The van der Waals surface area contributed by atoms with E-state index in [1.807, 2.05) is 17.1 Å². The first kappa shape index (κ1) is 17.2. The normalized spacial score (nSPS) is 28.4. The summed E-state index contributed by atoms with van der Waals surface area (Å²) in [5.41, 5.74) is 3.89. The molecule has 2 fully saturated rings. The van der Waals surface area contributed by atoms with Gasteiger partial charge in [-0.05, 0) is 66.7 Å². The fraction of sp³-hybridized carbons (Fsp3) is 0.375. The maximum Gasteiger partial charge on any atom is 0.140 e. The van der Waals surface area contributed by atoms with Crippen molar-refractivity contribution in [1.29, 1.82) is 0 Å². The molecule has 3 heterocycles. The van der Waals surface area contributed by atoms with Crippen LogP contribution in [0, 0.1) is 11.8 Å². The van der Waals surface area contributed by atoms with E-state index in [0.29, 0.717) is 6.04 Å². The number of fused-ring (bicyclic) bond motifs is 2. The van der Waals surface area contributed by atoms with Gasteiger partial charge in [-0.15, -0.1) is 0 Å². The van der Waals surface area contributed by atoms with Crippen LogP contribution in [0.2, 0.25) is 0 Å². The zero-order valence-corrected chi connectivity index (χ0v) is 16.4. The zero-order valence-electron chi connectivity index (χ0n) is 16.4. The number of nitrogens with one attached hydrogen (secondary N) is 1. The number of ether oxygens (including phenoxy) is 1. The third-order valence-corrected chi connectivity index (χ3v) is 6.93. The topological polar surface area (TPSA) is 42.3 Å². The summed E-state index contributed by atoms with van der Waals surface area (Å²) in [6.45, 7) is 4.72. The van der Waals surface area contributed by atoms with Crippen LogP contribution in [0.5, 0.6) is 5.75 Å². The maximum atomic E-state index is 6.64. The van der Waals surface area contributed by atoms with Gasteiger partial charge in [0.1, 0.15) is 11.9 Å². The van der Waals surface area contributed by atoms with Crippen molar-refractivity contribution in [3.8, 4) is 11.4 Å². The van der Waals surface area contributed by atoms with E-state index in [2.05, 4.69) is 63.7 Å². The maximum absolute atomic E-state index is 6.64. The average molecular weight is 386 g/mol. The molecular formula is C24H26N4O. The molecule has 2 aromatic carbocycles. The van der Waals surface area contributed by atoms with Crippen molar-refractivity contribution in [2.75, 3.05) is 26.2 Å². The van der Waals surface area contributed by atoms with Crippen LogP contribution in [0.15, 0.2) is 67.3 Å². The van der Waals surface area contributed by atoms with Gasteiger partial charge in [-0.25, -0.2) is 4.98 Å². The van der Waals surface area contributed by atoms with Gasteiger partial charge in [0.15, 0.2) is 0 Å². The Balaban J connectivity index is 1.26. The second kappa shape index (κ2) is 7.01. The summed E-state index contributed by atoms with van der Waals surface area (Å²) in [5, 5.41) is 3.56. The highest BCUT2D eigenvalue weighted by atomic mass is 16.5. The van der Waals surface area contributed by atoms with Gasteiger partial charge in [-0.3, -0.25) is 4.90 Å². The lowest BCUT2D eigenvalue weighted by atomic mass is 10.0. The van der Waals surface area contributed by atoms with Crippen LogP contribution in [-0.2, 0) is 6.42 Å². The van der Waals surface area contributed by atoms with E-state index < -0.39 is 0 Å². The van der Waals surface area contributed by atoms with Crippen LogP contribution in [-0.4, -0.2) is 46.7 Å². The Labute approximate surface area is 171 Å². The van der Waals surface area contributed by atoms with E-state index in [4.69, 9.17) is 4.74 Å². The van der Waals surface area contributed by atoms with Crippen molar-refractivity contribution in [1.82, 2.24) is 19.8 Å². The molecule has 0 amide bonds. The van der Waals surface area contributed by atoms with Crippen LogP contribution in [0.25, 0.3) is 5.69 Å². The Morgan fingerprint density at radius 3 is 2.52 bits per heavy atom. The number of hydrogen-bond donors (Lipinski definition) is 1. The van der Waals surface area contributed by atoms with Crippen molar-refractivity contribution in [2.24, 2.45) is 11.8 Å². The molecule has 0 radical (unpaired) electrons. The van der Waals surface area contributed by atoms with Gasteiger partial charge in [-0.2, -0.15) is 0 Å². The number of imidazole rings is 1. The molecule has 4 unspecified atom stereocenters. The summed E-state index contributed by atoms with van der Waals surface area (Å²) < 4.78 is 8.65. The van der Waals surface area contributed by atoms with E-state index in [0.717, 1.165) is 29.7 Å². The second-order valence-electron chi connectivity index (χ2n) is 8.60. The highest BCUT2D eigenvalue weighted by Crippen LogP contribution is 2.41. The predicted molar refractivity (Wildman–Crippen MR) is 112 cm³/mol. The summed E-state index contributed by atoms with van der Waals surface area (Å²) in [5.74, 6) is 2.53. The smallest absolute Gasteiger partial charge is 0.140 e. The molecule has 29 heavy (non-hydrogen) atoms. The number of benzene rings is 2. The summed E-state index contributed by atoms with van der Waals surface area (Å²) in [6, 6.07) is 17.6. The average Bonchev–Trinajstić information content (AvgIpc) is 3.52. The highest BCUT2D eigenvalue weighted by Gasteiger charge is 2.44. The third kappa shape index (κ3) is 3.05. The Kier molecular flexibility index (Phi) is 4.17.